The van der Waals surface area contributed by atoms with Crippen molar-refractivity contribution in [2.45, 2.75) is 75.2 Å². The van der Waals surface area contributed by atoms with Gasteiger partial charge in [-0.1, -0.05) is 36.7 Å². The van der Waals surface area contributed by atoms with Crippen molar-refractivity contribution in [1.82, 2.24) is 0 Å². The molecule has 0 heterocycles. The number of rotatable bonds is 12. The van der Waals surface area contributed by atoms with Gasteiger partial charge >= 0.3 is 7.60 Å². The van der Waals surface area contributed by atoms with Crippen LogP contribution in [-0.4, -0.2) is 57.9 Å². The Kier molecular flexibility index (Phi) is 10.2. The van der Waals surface area contributed by atoms with Crippen LogP contribution >= 0.6 is 23.5 Å². The number of aliphatic hydroxyl groups excluding tert-OH is 1. The third-order valence-corrected chi connectivity index (χ3v) is 7.85. The molecule has 0 amide bonds. The van der Waals surface area contributed by atoms with E-state index < -0.39 is 18.5 Å². The van der Waals surface area contributed by atoms with Crippen LogP contribution in [-0.2, 0) is 13.8 Å². The maximum absolute atomic E-state index is 12.5. The molecule has 4 atom stereocenters. The van der Waals surface area contributed by atoms with Crippen LogP contribution in [0.25, 0.3) is 0 Å². The zero-order chi connectivity index (χ0) is 18.3. The van der Waals surface area contributed by atoms with Crippen molar-refractivity contribution in [1.29, 1.82) is 0 Å². The van der Waals surface area contributed by atoms with Crippen LogP contribution in [0, 0.1) is 0 Å². The summed E-state index contributed by atoms with van der Waals surface area (Å²) in [5, 5.41) is 17.7. The first-order chi connectivity index (χ1) is 10.5. The fourth-order valence-corrected chi connectivity index (χ4v) is 3.97. The van der Waals surface area contributed by atoms with E-state index in [1.54, 1.807) is 20.8 Å². The third kappa shape index (κ3) is 6.77. The smallest absolute Gasteiger partial charge is 0.359 e. The van der Waals surface area contributed by atoms with E-state index in [4.69, 9.17) is 14.4 Å². The second-order valence-corrected chi connectivity index (χ2v) is 9.36. The molecule has 0 aliphatic carbocycles. The zero-order valence-corrected chi connectivity index (χ0v) is 17.3. The summed E-state index contributed by atoms with van der Waals surface area (Å²) in [7, 11) is -2.35. The van der Waals surface area contributed by atoms with E-state index in [0.29, 0.717) is 19.4 Å². The second-order valence-electron chi connectivity index (χ2n) is 6.13. The highest BCUT2D eigenvalue weighted by atomic mass is 79.9. The monoisotopic (exact) mass is 416 g/mol. The highest BCUT2D eigenvalue weighted by Gasteiger charge is 2.48. The first-order valence-electron chi connectivity index (χ1n) is 8.13. The van der Waals surface area contributed by atoms with Crippen LogP contribution in [0.15, 0.2) is 0 Å². The molecule has 0 aliphatic rings. The molecule has 0 radical (unpaired) electrons. The molecule has 0 spiro atoms. The molecule has 9 heteroatoms. The summed E-state index contributed by atoms with van der Waals surface area (Å²) in [6.07, 6.45) is 1.21. The summed E-state index contributed by atoms with van der Waals surface area (Å²) in [6.45, 7) is 7.22. The molecule has 0 aliphatic heterocycles. The van der Waals surface area contributed by atoms with Crippen LogP contribution in [0.4, 0.5) is 0 Å². The van der Waals surface area contributed by atoms with Gasteiger partial charge in [0, 0.05) is 12.6 Å². The molecule has 138 valence electrons. The van der Waals surface area contributed by atoms with Gasteiger partial charge in [-0.25, -0.2) is 0 Å². The molecule has 0 fully saturated rings. The fraction of sp³-hybridized carbons (Fsp3) is 1.00. The van der Waals surface area contributed by atoms with Gasteiger partial charge in [0.2, 0.25) is 0 Å². The van der Waals surface area contributed by atoms with Crippen molar-refractivity contribution in [3.8, 4) is 0 Å². The Morgan fingerprint density at radius 1 is 1.26 bits per heavy atom. The molecule has 0 bridgehead atoms. The van der Waals surface area contributed by atoms with Gasteiger partial charge in [0.15, 0.2) is 5.34 Å². The van der Waals surface area contributed by atoms with Gasteiger partial charge in [0.05, 0.1) is 17.0 Å². The Labute approximate surface area is 149 Å². The predicted octanol–water partition coefficient (Wildman–Crippen LogP) is 1.99. The minimum atomic E-state index is -4.19. The summed E-state index contributed by atoms with van der Waals surface area (Å²) in [4.78, 5) is 10.1. The fourth-order valence-electron chi connectivity index (χ4n) is 2.03. The average Bonchev–Trinajstić information content (AvgIpc) is 2.52. The maximum atomic E-state index is 12.5. The normalized spacial score (nSPS) is 20.5. The second kappa shape index (κ2) is 9.90. The molecule has 0 saturated heterocycles. The Balaban J connectivity index is 4.82. The van der Waals surface area contributed by atoms with Crippen molar-refractivity contribution < 1.29 is 28.9 Å². The van der Waals surface area contributed by atoms with Gasteiger partial charge < -0.3 is 24.4 Å². The van der Waals surface area contributed by atoms with Gasteiger partial charge in [0.1, 0.15) is 7.85 Å². The quantitative estimate of drug-likeness (QED) is 0.256. The lowest BCUT2D eigenvalue weighted by atomic mass is 9.96. The lowest BCUT2D eigenvalue weighted by Gasteiger charge is -2.37. The molecule has 0 rings (SSSR count). The first-order valence-corrected chi connectivity index (χ1v) is 10.6. The van der Waals surface area contributed by atoms with Crippen LogP contribution in [0.2, 0.25) is 0 Å². The van der Waals surface area contributed by atoms with E-state index >= 15 is 0 Å². The van der Waals surface area contributed by atoms with Gasteiger partial charge in [0.25, 0.3) is 0 Å². The molecule has 0 aromatic carbocycles. The summed E-state index contributed by atoms with van der Waals surface area (Å²) in [6, 6.07) is -0.190. The summed E-state index contributed by atoms with van der Waals surface area (Å²) < 4.78 is 23.7. The van der Waals surface area contributed by atoms with Crippen molar-refractivity contribution in [3.05, 3.63) is 0 Å². The minimum absolute atomic E-state index is 0.0331. The largest absolute Gasteiger partial charge is 0.395 e. The molecule has 23 heavy (non-hydrogen) atoms. The molecule has 6 nitrogen and oxygen atoms in total. The van der Waals surface area contributed by atoms with E-state index in [-0.39, 0.29) is 30.3 Å². The van der Waals surface area contributed by atoms with Gasteiger partial charge in [-0.2, -0.15) is 0 Å². The molecule has 0 aromatic heterocycles. The Bertz CT molecular complexity index is 395. The van der Waals surface area contributed by atoms with E-state index in [2.05, 4.69) is 15.9 Å². The molecule has 2 unspecified atom stereocenters. The average molecular weight is 417 g/mol. The van der Waals surface area contributed by atoms with E-state index in [0.717, 1.165) is 0 Å². The number of hydrogen-bond donors (Lipinski definition) is 3. The standard InChI is InChI=1S/C14H31BBrO6P/c1-5-13(4,8-9-21-12(15)11(16)10-17)22-23(19,20)14(18,6-2)7-3/h11-12,17-18H,5-10,15H2,1-4H3,(H,19,20)/t11-,12-,13?/m1/s1. The summed E-state index contributed by atoms with van der Waals surface area (Å²) in [5.41, 5.74) is -0.872. The number of hydrogen-bond acceptors (Lipinski definition) is 5. The number of ether oxygens (including phenoxy) is 1. The van der Waals surface area contributed by atoms with E-state index in [1.165, 1.54) is 0 Å². The van der Waals surface area contributed by atoms with Crippen molar-refractivity contribution in [2.24, 2.45) is 0 Å². The summed E-state index contributed by atoms with van der Waals surface area (Å²) >= 11 is 3.31. The van der Waals surface area contributed by atoms with Gasteiger partial charge in [-0.3, -0.25) is 4.57 Å². The Hall–Kier alpha value is 0.575. The maximum Gasteiger partial charge on any atom is 0.359 e. The number of alkyl halides is 1. The van der Waals surface area contributed by atoms with E-state index in [1.807, 2.05) is 14.8 Å². The topological polar surface area (TPSA) is 96.2 Å². The number of halogens is 1. The first kappa shape index (κ1) is 23.6. The molecule has 3 N–H and O–H groups in total. The number of aliphatic hydroxyl groups is 2. The Morgan fingerprint density at radius 3 is 2.17 bits per heavy atom. The lowest BCUT2D eigenvalue weighted by Crippen LogP contribution is -2.36. The lowest BCUT2D eigenvalue weighted by molar-refractivity contribution is -0.00906. The van der Waals surface area contributed by atoms with Crippen molar-refractivity contribution in [3.63, 3.8) is 0 Å². The van der Waals surface area contributed by atoms with Crippen LogP contribution in [0.5, 0.6) is 0 Å². The van der Waals surface area contributed by atoms with Crippen LogP contribution < -0.4 is 0 Å². The third-order valence-electron chi connectivity index (χ3n) is 4.45. The van der Waals surface area contributed by atoms with Crippen LogP contribution in [0.3, 0.4) is 0 Å². The van der Waals surface area contributed by atoms with Gasteiger partial charge in [-0.15, -0.1) is 0 Å². The van der Waals surface area contributed by atoms with Crippen molar-refractivity contribution in [2.75, 3.05) is 13.2 Å². The van der Waals surface area contributed by atoms with E-state index in [9.17, 15) is 14.6 Å². The molecule has 0 aromatic rings. The molecule has 0 saturated carbocycles. The summed E-state index contributed by atoms with van der Waals surface area (Å²) in [5.74, 6) is 0. The highest BCUT2D eigenvalue weighted by Crippen LogP contribution is 2.60. The highest BCUT2D eigenvalue weighted by molar-refractivity contribution is 9.09. The van der Waals surface area contributed by atoms with Crippen molar-refractivity contribution >= 4 is 31.4 Å². The molecular weight excluding hydrogens is 386 g/mol. The minimum Gasteiger partial charge on any atom is -0.395 e. The van der Waals surface area contributed by atoms with Crippen LogP contribution in [0.1, 0.15) is 53.4 Å². The SMILES string of the molecule is B[C@H](OCCC(C)(CC)OP(=O)(O)C(O)(CC)CC)[C@H](Br)CO. The molecular formula is C14H31BBrO6P. The zero-order valence-electron chi connectivity index (χ0n) is 14.8. The predicted molar refractivity (Wildman–Crippen MR) is 97.8 cm³/mol. The van der Waals surface area contributed by atoms with Gasteiger partial charge in [-0.05, 0) is 32.6 Å². The Morgan fingerprint density at radius 2 is 1.78 bits per heavy atom.